The molecule has 1 heterocycles. The number of benzene rings is 1. The van der Waals surface area contributed by atoms with Crippen LogP contribution in [0.1, 0.15) is 0 Å². The monoisotopic (exact) mass is 500 g/mol. The Bertz CT molecular complexity index is 740. The van der Waals surface area contributed by atoms with E-state index in [0.29, 0.717) is 14.6 Å². The fourth-order valence-corrected chi connectivity index (χ4v) is 4.04. The molecule has 1 aliphatic heterocycles. The van der Waals surface area contributed by atoms with Gasteiger partial charge in [-0.15, -0.1) is 0 Å². The number of β-amino-alcohol motifs (C(OH)–C–C–N with tert-alkyl or cyclic N) is 1. The normalized spacial score (nSPS) is 14.4. The number of rotatable bonds is 5. The van der Waals surface area contributed by atoms with Gasteiger partial charge in [-0.05, 0) is 37.9 Å². The molecule has 0 saturated carbocycles. The van der Waals surface area contributed by atoms with Crippen molar-refractivity contribution in [2.24, 2.45) is 0 Å². The maximum atomic E-state index is 12.5. The Hall–Kier alpha value is -0.800. The zero-order valence-electron chi connectivity index (χ0n) is 12.3. The molecule has 1 aromatic rings. The summed E-state index contributed by atoms with van der Waals surface area (Å²) >= 11 is 18.9. The third kappa shape index (κ3) is 3.72. The Kier molecular flexibility index (Phi) is 6.55. The second-order valence-corrected chi connectivity index (χ2v) is 7.23. The highest BCUT2D eigenvalue weighted by atomic mass is 79.9. The van der Waals surface area contributed by atoms with Crippen LogP contribution in [-0.2, 0) is 14.3 Å². The van der Waals surface area contributed by atoms with Gasteiger partial charge in [-0.2, -0.15) is 0 Å². The quantitative estimate of drug-likeness (QED) is 0.367. The lowest BCUT2D eigenvalue weighted by molar-refractivity contribution is -0.136. The summed E-state index contributed by atoms with van der Waals surface area (Å²) in [5, 5.41) is 12.4. The molecular weight excluding hydrogens is 491 g/mol. The number of hydrogen-bond acceptors (Lipinski definition) is 5. The molecule has 0 fully saturated rings. The minimum atomic E-state index is -0.637. The summed E-state index contributed by atoms with van der Waals surface area (Å²) in [6.45, 7) is -0.0869. The van der Waals surface area contributed by atoms with Crippen molar-refractivity contribution in [3.63, 3.8) is 0 Å². The van der Waals surface area contributed by atoms with E-state index in [1.165, 1.54) is 12.0 Å². The van der Waals surface area contributed by atoms with Crippen LogP contribution < -0.4 is 5.32 Å². The smallest absolute Gasteiger partial charge is 0.337 e. The van der Waals surface area contributed by atoms with Gasteiger partial charge in [0.05, 0.1) is 41.6 Å². The molecule has 2 N–H and O–H groups in total. The summed E-state index contributed by atoms with van der Waals surface area (Å²) in [5.41, 5.74) is 0.537. The van der Waals surface area contributed by atoms with Gasteiger partial charge < -0.3 is 20.1 Å². The number of ether oxygens (including phenoxy) is 1. The Morgan fingerprint density at radius 1 is 1.38 bits per heavy atom. The fourth-order valence-electron chi connectivity index (χ4n) is 2.15. The molecule has 0 bridgehead atoms. The summed E-state index contributed by atoms with van der Waals surface area (Å²) in [5.74, 6) is -1.08. The van der Waals surface area contributed by atoms with Crippen molar-refractivity contribution in [3.8, 4) is 0 Å². The number of esters is 1. The standard InChI is InChI=1S/C14H12Br2Cl2N2O4/c1-24-14(23)6-5-20(2-3-21)13(22)11(6)19-12-8(16)4-7(15)9(17)10(12)18/h4,19,21H,2-3,5H2,1H3. The maximum absolute atomic E-state index is 12.5. The second-order valence-electron chi connectivity index (χ2n) is 4.76. The first-order valence-electron chi connectivity index (χ1n) is 6.63. The number of anilines is 1. The lowest BCUT2D eigenvalue weighted by atomic mass is 10.2. The molecule has 1 aliphatic rings. The Morgan fingerprint density at radius 2 is 2.04 bits per heavy atom. The largest absolute Gasteiger partial charge is 0.466 e. The van der Waals surface area contributed by atoms with Gasteiger partial charge in [0.15, 0.2) is 0 Å². The first-order chi connectivity index (χ1) is 11.3. The molecule has 0 atom stereocenters. The van der Waals surface area contributed by atoms with Crippen molar-refractivity contribution in [3.05, 3.63) is 36.3 Å². The van der Waals surface area contributed by atoms with Crippen LogP contribution in [0.4, 0.5) is 5.69 Å². The van der Waals surface area contributed by atoms with Crippen LogP contribution in [-0.4, -0.2) is 48.7 Å². The number of hydrogen-bond donors (Lipinski definition) is 2. The predicted molar refractivity (Wildman–Crippen MR) is 98.2 cm³/mol. The fraction of sp³-hybridized carbons (Fsp3) is 0.286. The van der Waals surface area contributed by atoms with Crippen LogP contribution in [0.25, 0.3) is 0 Å². The van der Waals surface area contributed by atoms with E-state index >= 15 is 0 Å². The van der Waals surface area contributed by atoms with Crippen molar-refractivity contribution in [2.45, 2.75) is 0 Å². The number of methoxy groups -OCH3 is 1. The highest BCUT2D eigenvalue weighted by Crippen LogP contribution is 2.42. The summed E-state index contributed by atoms with van der Waals surface area (Å²) in [6, 6.07) is 1.67. The molecule has 2 rings (SSSR count). The molecule has 0 aromatic heterocycles. The van der Waals surface area contributed by atoms with Gasteiger partial charge in [0, 0.05) is 15.5 Å². The minimum Gasteiger partial charge on any atom is -0.466 e. The van der Waals surface area contributed by atoms with E-state index in [2.05, 4.69) is 37.2 Å². The van der Waals surface area contributed by atoms with E-state index in [-0.39, 0.29) is 41.0 Å². The highest BCUT2D eigenvalue weighted by Gasteiger charge is 2.35. The molecule has 0 spiro atoms. The van der Waals surface area contributed by atoms with E-state index in [1.54, 1.807) is 6.07 Å². The van der Waals surface area contributed by atoms with Crippen molar-refractivity contribution in [1.82, 2.24) is 4.90 Å². The molecule has 130 valence electrons. The zero-order chi connectivity index (χ0) is 18.0. The number of carbonyl (C=O) groups is 2. The Balaban J connectivity index is 2.47. The molecular formula is C14H12Br2Cl2N2O4. The molecule has 1 aromatic carbocycles. The molecule has 0 aliphatic carbocycles. The molecule has 0 unspecified atom stereocenters. The highest BCUT2D eigenvalue weighted by molar-refractivity contribution is 9.11. The van der Waals surface area contributed by atoms with Gasteiger partial charge in [-0.1, -0.05) is 23.2 Å². The molecule has 1 amide bonds. The van der Waals surface area contributed by atoms with Crippen molar-refractivity contribution in [2.75, 3.05) is 32.1 Å². The average Bonchev–Trinajstić information content (AvgIpc) is 2.85. The first kappa shape index (κ1) is 19.5. The van der Waals surface area contributed by atoms with Crippen LogP contribution in [0, 0.1) is 0 Å². The molecule has 0 saturated heterocycles. The molecule has 6 nitrogen and oxygen atoms in total. The predicted octanol–water partition coefficient (Wildman–Crippen LogP) is 3.19. The van der Waals surface area contributed by atoms with E-state index < -0.39 is 11.9 Å². The topological polar surface area (TPSA) is 78.9 Å². The lowest BCUT2D eigenvalue weighted by Crippen LogP contribution is -2.31. The number of amides is 1. The third-order valence-corrected chi connectivity index (χ3v) is 5.66. The van der Waals surface area contributed by atoms with Gasteiger partial charge in [-0.25, -0.2) is 4.79 Å². The number of nitrogens with one attached hydrogen (secondary N) is 1. The summed E-state index contributed by atoms with van der Waals surface area (Å²) in [6.07, 6.45) is 0. The number of aliphatic hydroxyl groups excluding tert-OH is 1. The first-order valence-corrected chi connectivity index (χ1v) is 8.97. The third-order valence-electron chi connectivity index (χ3n) is 3.32. The Labute approximate surface area is 165 Å². The SMILES string of the molecule is COC(=O)C1=C(Nc2c(Br)cc(Br)c(Cl)c2Cl)C(=O)N(CCO)C1. The van der Waals surface area contributed by atoms with Crippen molar-refractivity contribution < 1.29 is 19.4 Å². The number of nitrogens with zero attached hydrogens (tertiary/aromatic N) is 1. The number of aliphatic hydroxyl groups is 1. The number of carbonyl (C=O) groups excluding carboxylic acids is 2. The van der Waals surface area contributed by atoms with E-state index in [1.807, 2.05) is 0 Å². The average molecular weight is 503 g/mol. The minimum absolute atomic E-state index is 0.0356. The lowest BCUT2D eigenvalue weighted by Gasteiger charge is -2.16. The van der Waals surface area contributed by atoms with Crippen LogP contribution in [0.2, 0.25) is 10.0 Å². The second kappa shape index (κ2) is 8.05. The number of halogens is 4. The van der Waals surface area contributed by atoms with Crippen LogP contribution >= 0.6 is 55.1 Å². The molecule has 24 heavy (non-hydrogen) atoms. The molecule has 0 radical (unpaired) electrons. The van der Waals surface area contributed by atoms with Crippen molar-refractivity contribution in [1.29, 1.82) is 0 Å². The zero-order valence-corrected chi connectivity index (χ0v) is 17.0. The Morgan fingerprint density at radius 3 is 2.62 bits per heavy atom. The van der Waals surface area contributed by atoms with Crippen LogP contribution in [0.3, 0.4) is 0 Å². The van der Waals surface area contributed by atoms with E-state index in [9.17, 15) is 9.59 Å². The summed E-state index contributed by atoms with van der Waals surface area (Å²) < 4.78 is 5.85. The van der Waals surface area contributed by atoms with Gasteiger partial charge >= 0.3 is 5.97 Å². The van der Waals surface area contributed by atoms with Crippen LogP contribution in [0.15, 0.2) is 26.3 Å². The van der Waals surface area contributed by atoms with Crippen molar-refractivity contribution >= 4 is 72.6 Å². The summed E-state index contributed by atoms with van der Waals surface area (Å²) in [7, 11) is 1.23. The maximum Gasteiger partial charge on any atom is 0.337 e. The summed E-state index contributed by atoms with van der Waals surface area (Å²) in [4.78, 5) is 25.8. The van der Waals surface area contributed by atoms with Gasteiger partial charge in [0.2, 0.25) is 0 Å². The van der Waals surface area contributed by atoms with Gasteiger partial charge in [0.25, 0.3) is 5.91 Å². The van der Waals surface area contributed by atoms with E-state index in [0.717, 1.165) is 0 Å². The molecule has 10 heteroatoms. The van der Waals surface area contributed by atoms with Crippen LogP contribution in [0.5, 0.6) is 0 Å². The van der Waals surface area contributed by atoms with E-state index in [4.69, 9.17) is 33.0 Å². The van der Waals surface area contributed by atoms with Gasteiger partial charge in [0.1, 0.15) is 5.70 Å². The van der Waals surface area contributed by atoms with Gasteiger partial charge in [-0.3, -0.25) is 4.79 Å².